The molecular weight excluding hydrogens is 346 g/mol. The number of nitrogens with zero attached hydrogens (tertiary/aromatic N) is 1. The summed E-state index contributed by atoms with van der Waals surface area (Å²) < 4.78 is 10.7. The van der Waals surface area contributed by atoms with Gasteiger partial charge in [-0.15, -0.1) is 11.3 Å². The summed E-state index contributed by atoms with van der Waals surface area (Å²) in [5.41, 5.74) is 2.43. The molecular formula is C20H25N3O2S+2. The Kier molecular flexibility index (Phi) is 5.34. The smallest absolute Gasteiger partial charge is 0.177 e. The van der Waals surface area contributed by atoms with Crippen LogP contribution in [-0.2, 0) is 13.1 Å². The Balaban J connectivity index is 1.27. The lowest BCUT2D eigenvalue weighted by Gasteiger charge is -2.29. The predicted octanol–water partition coefficient (Wildman–Crippen LogP) is 0.895. The highest BCUT2D eigenvalue weighted by atomic mass is 32.1. The molecule has 0 bridgehead atoms. The number of benzene rings is 1. The predicted molar refractivity (Wildman–Crippen MR) is 102 cm³/mol. The molecule has 1 aromatic carbocycles. The van der Waals surface area contributed by atoms with Gasteiger partial charge in [-0.25, -0.2) is 0 Å². The van der Waals surface area contributed by atoms with E-state index in [2.05, 4.69) is 34.8 Å². The minimum Gasteiger partial charge on any atom is -0.497 e. The second kappa shape index (κ2) is 8.03. The zero-order chi connectivity index (χ0) is 17.8. The first-order chi connectivity index (χ1) is 12.8. The second-order valence-corrected chi connectivity index (χ2v) is 7.81. The Morgan fingerprint density at radius 2 is 1.77 bits per heavy atom. The van der Waals surface area contributed by atoms with Gasteiger partial charge in [-0.3, -0.25) is 0 Å². The number of nitrogens with one attached hydrogen (secondary N) is 2. The van der Waals surface area contributed by atoms with Gasteiger partial charge >= 0.3 is 0 Å². The summed E-state index contributed by atoms with van der Waals surface area (Å²) in [6.07, 6.45) is 0. The summed E-state index contributed by atoms with van der Waals surface area (Å²) >= 11 is 1.69. The highest BCUT2D eigenvalue weighted by Crippen LogP contribution is 2.24. The van der Waals surface area contributed by atoms with E-state index in [1.165, 1.54) is 31.7 Å². The lowest BCUT2D eigenvalue weighted by atomic mass is 10.2. The van der Waals surface area contributed by atoms with E-state index in [0.717, 1.165) is 35.2 Å². The van der Waals surface area contributed by atoms with Crippen LogP contribution in [0.1, 0.15) is 11.3 Å². The topological polar surface area (TPSA) is 44.1 Å². The first-order valence-electron chi connectivity index (χ1n) is 9.09. The monoisotopic (exact) mass is 371 g/mol. The third-order valence-corrected chi connectivity index (χ3v) is 5.92. The van der Waals surface area contributed by atoms with Crippen molar-refractivity contribution in [2.24, 2.45) is 0 Å². The van der Waals surface area contributed by atoms with Crippen LogP contribution in [-0.4, -0.2) is 38.4 Å². The molecule has 0 aliphatic carbocycles. The van der Waals surface area contributed by atoms with Crippen LogP contribution in [0.5, 0.6) is 5.75 Å². The van der Waals surface area contributed by atoms with Gasteiger partial charge in [0.05, 0.1) is 12.0 Å². The van der Waals surface area contributed by atoms with Crippen molar-refractivity contribution in [3.8, 4) is 16.4 Å². The van der Waals surface area contributed by atoms with Crippen LogP contribution in [0.15, 0.2) is 52.4 Å². The van der Waals surface area contributed by atoms with Gasteiger partial charge in [-0.05, 0) is 35.7 Å². The van der Waals surface area contributed by atoms with Crippen molar-refractivity contribution in [3.63, 3.8) is 0 Å². The van der Waals surface area contributed by atoms with Gasteiger partial charge in [0, 0.05) is 11.6 Å². The molecule has 1 aliphatic rings. The zero-order valence-electron chi connectivity index (χ0n) is 15.0. The third-order valence-electron chi connectivity index (χ3n) is 5.03. The minimum absolute atomic E-state index is 0.887. The van der Waals surface area contributed by atoms with Crippen LogP contribution in [0, 0.1) is 0 Å². The summed E-state index contributed by atoms with van der Waals surface area (Å²) in [5, 5.41) is 6.32. The van der Waals surface area contributed by atoms with E-state index < -0.39 is 0 Å². The van der Waals surface area contributed by atoms with Gasteiger partial charge in [0.2, 0.25) is 0 Å². The second-order valence-electron chi connectivity index (χ2n) is 6.86. The molecule has 6 heteroatoms. The fourth-order valence-electron chi connectivity index (χ4n) is 3.53. The number of thiophene rings is 1. The minimum atomic E-state index is 0.887. The molecule has 26 heavy (non-hydrogen) atoms. The first kappa shape index (κ1) is 17.3. The summed E-state index contributed by atoms with van der Waals surface area (Å²) in [5.74, 6) is 1.81. The standard InChI is InChI=1S/C20H23N3O2S/c1-24-18-6-4-16(5-7-18)14-22-8-10-23(11-9-22)15-17-13-19(25-21-17)20-3-2-12-26-20/h2-7,12-13H,8-11,14-15H2,1H3/p+2. The van der Waals surface area contributed by atoms with Crippen LogP contribution in [0.25, 0.3) is 10.6 Å². The molecule has 0 saturated carbocycles. The Morgan fingerprint density at radius 1 is 1.04 bits per heavy atom. The molecule has 5 nitrogen and oxygen atoms in total. The van der Waals surface area contributed by atoms with E-state index in [-0.39, 0.29) is 0 Å². The highest BCUT2D eigenvalue weighted by molar-refractivity contribution is 7.13. The number of rotatable bonds is 6. The molecule has 0 atom stereocenters. The van der Waals surface area contributed by atoms with Crippen LogP contribution < -0.4 is 14.5 Å². The molecule has 3 aromatic rings. The number of piperazine rings is 1. The van der Waals surface area contributed by atoms with Crippen LogP contribution in [0.3, 0.4) is 0 Å². The van der Waals surface area contributed by atoms with Crippen molar-refractivity contribution >= 4 is 11.3 Å². The number of quaternary nitrogens is 2. The molecule has 0 amide bonds. The maximum Gasteiger partial charge on any atom is 0.177 e. The number of aromatic nitrogens is 1. The molecule has 0 spiro atoms. The Hall–Kier alpha value is -2.15. The molecule has 1 fully saturated rings. The van der Waals surface area contributed by atoms with Crippen LogP contribution in [0.2, 0.25) is 0 Å². The maximum atomic E-state index is 5.50. The van der Waals surface area contributed by atoms with Crippen molar-refractivity contribution in [2.45, 2.75) is 13.1 Å². The molecule has 3 heterocycles. The molecule has 136 valence electrons. The van der Waals surface area contributed by atoms with E-state index in [0.29, 0.717) is 0 Å². The summed E-state index contributed by atoms with van der Waals surface area (Å²) in [6, 6.07) is 14.6. The largest absolute Gasteiger partial charge is 0.497 e. The number of hydrogen-bond acceptors (Lipinski definition) is 4. The van der Waals surface area contributed by atoms with Crippen molar-refractivity contribution < 1.29 is 19.1 Å². The van der Waals surface area contributed by atoms with Gasteiger partial charge in [0.15, 0.2) is 5.76 Å². The molecule has 2 aromatic heterocycles. The summed E-state index contributed by atoms with van der Waals surface area (Å²) in [7, 11) is 1.71. The third kappa shape index (κ3) is 4.15. The van der Waals surface area contributed by atoms with E-state index in [9.17, 15) is 0 Å². The van der Waals surface area contributed by atoms with Crippen molar-refractivity contribution in [1.82, 2.24) is 5.16 Å². The highest BCUT2D eigenvalue weighted by Gasteiger charge is 2.24. The quantitative estimate of drug-likeness (QED) is 0.677. The number of methoxy groups -OCH3 is 1. The molecule has 0 unspecified atom stereocenters. The van der Waals surface area contributed by atoms with Gasteiger partial charge in [-0.1, -0.05) is 11.2 Å². The van der Waals surface area contributed by atoms with Crippen molar-refractivity contribution in [3.05, 3.63) is 59.1 Å². The maximum absolute atomic E-state index is 5.50. The number of hydrogen-bond donors (Lipinski definition) is 2. The van der Waals surface area contributed by atoms with Gasteiger partial charge in [0.25, 0.3) is 0 Å². The average Bonchev–Trinajstić information content (AvgIpc) is 3.36. The van der Waals surface area contributed by atoms with Gasteiger partial charge in [-0.2, -0.15) is 0 Å². The Labute approximate surface area is 157 Å². The van der Waals surface area contributed by atoms with Crippen LogP contribution in [0.4, 0.5) is 0 Å². The zero-order valence-corrected chi connectivity index (χ0v) is 15.8. The summed E-state index contributed by atoms with van der Waals surface area (Å²) in [6.45, 7) is 6.77. The fourth-order valence-corrected chi connectivity index (χ4v) is 4.20. The van der Waals surface area contributed by atoms with Crippen LogP contribution >= 0.6 is 11.3 Å². The Bertz CT molecular complexity index is 806. The van der Waals surface area contributed by atoms with E-state index in [1.54, 1.807) is 28.2 Å². The van der Waals surface area contributed by atoms with Crippen molar-refractivity contribution in [2.75, 3.05) is 33.3 Å². The van der Waals surface area contributed by atoms with E-state index in [4.69, 9.17) is 9.26 Å². The van der Waals surface area contributed by atoms with Gasteiger partial charge < -0.3 is 19.1 Å². The van der Waals surface area contributed by atoms with Gasteiger partial charge in [0.1, 0.15) is 50.7 Å². The fraction of sp³-hybridized carbons (Fsp3) is 0.350. The molecule has 0 radical (unpaired) electrons. The molecule has 1 saturated heterocycles. The lowest BCUT2D eigenvalue weighted by Crippen LogP contribution is -3.27. The molecule has 2 N–H and O–H groups in total. The Morgan fingerprint density at radius 3 is 2.42 bits per heavy atom. The SMILES string of the molecule is COc1ccc(C[NH+]2CC[NH+](Cc3cc(-c4cccs4)on3)CC2)cc1. The number of ether oxygens (including phenoxy) is 1. The lowest BCUT2D eigenvalue weighted by molar-refractivity contribution is -1.02. The van der Waals surface area contributed by atoms with Crippen molar-refractivity contribution in [1.29, 1.82) is 0 Å². The normalized spacial score (nSPS) is 20.2. The van der Waals surface area contributed by atoms with E-state index >= 15 is 0 Å². The van der Waals surface area contributed by atoms with E-state index in [1.807, 2.05) is 18.2 Å². The summed E-state index contributed by atoms with van der Waals surface area (Å²) in [4.78, 5) is 4.39. The molecule has 4 rings (SSSR count). The first-order valence-corrected chi connectivity index (χ1v) is 9.97. The average molecular weight is 372 g/mol. The molecule has 1 aliphatic heterocycles.